The standard InChI is InChI=1S/C64H92BrN3O7/c1-19-66(20-2)54(69)39-73-58-44-27-42-31-50(61(7,8)9)32-43(57(42)72-26-25-65)28-45-34-52(63(13,14)15)36-47(59(45)74-40-55(70)67(21-3)22-4)30-49-38-53(64(16,17)18)37-48(29-46(58)35-51(33-44)62(10,11)12)60(49)75-41-56(71)68(23-5)24-6/h31-38H,19-30,39-41H2,1-18H3. The highest BCUT2D eigenvalue weighted by Crippen LogP contribution is 2.44. The highest BCUT2D eigenvalue weighted by molar-refractivity contribution is 9.09. The summed E-state index contributed by atoms with van der Waals surface area (Å²) in [6.45, 7) is 42.2. The number of hydrogen-bond acceptors (Lipinski definition) is 7. The number of fused-ring (bicyclic) bond motifs is 8. The van der Waals surface area contributed by atoms with Gasteiger partial charge in [0.1, 0.15) is 23.0 Å². The Balaban J connectivity index is 2.04. The van der Waals surface area contributed by atoms with Crippen LogP contribution in [0.5, 0.6) is 23.0 Å². The molecule has 1 aliphatic carbocycles. The fourth-order valence-corrected chi connectivity index (χ4v) is 10.1. The Morgan fingerprint density at radius 1 is 0.373 bits per heavy atom. The highest BCUT2D eigenvalue weighted by atomic mass is 79.9. The Morgan fingerprint density at radius 3 is 0.720 bits per heavy atom. The van der Waals surface area contributed by atoms with Crippen LogP contribution in [0.4, 0.5) is 0 Å². The summed E-state index contributed by atoms with van der Waals surface area (Å²) in [5.41, 5.74) is 11.0. The van der Waals surface area contributed by atoms with Gasteiger partial charge in [0.15, 0.2) is 19.8 Å². The largest absolute Gasteiger partial charge is 0.492 e. The first kappa shape index (κ1) is 60.8. The lowest BCUT2D eigenvalue weighted by Crippen LogP contribution is -2.35. The Kier molecular flexibility index (Phi) is 20.6. The van der Waals surface area contributed by atoms with Gasteiger partial charge in [-0.15, -0.1) is 0 Å². The molecule has 3 amide bonds. The van der Waals surface area contributed by atoms with Gasteiger partial charge >= 0.3 is 0 Å². The van der Waals surface area contributed by atoms with Crippen LogP contribution >= 0.6 is 15.9 Å². The van der Waals surface area contributed by atoms with Gasteiger partial charge in [0, 0.05) is 70.3 Å². The minimum atomic E-state index is -0.291. The van der Waals surface area contributed by atoms with Crippen LogP contribution < -0.4 is 18.9 Å². The van der Waals surface area contributed by atoms with Gasteiger partial charge in [-0.05, 0) is 130 Å². The molecule has 412 valence electrons. The van der Waals surface area contributed by atoms with E-state index in [9.17, 15) is 14.4 Å². The third-order valence-corrected chi connectivity index (χ3v) is 15.0. The summed E-state index contributed by atoms with van der Waals surface area (Å²) in [5, 5.41) is 0.628. The van der Waals surface area contributed by atoms with Crippen molar-refractivity contribution in [1.82, 2.24) is 14.7 Å². The van der Waals surface area contributed by atoms with E-state index < -0.39 is 0 Å². The lowest BCUT2D eigenvalue weighted by Gasteiger charge is -2.29. The van der Waals surface area contributed by atoms with E-state index in [4.69, 9.17) is 18.9 Å². The number of halogens is 1. The Hall–Kier alpha value is -5.03. The van der Waals surface area contributed by atoms with Crippen LogP contribution in [0.2, 0.25) is 0 Å². The zero-order valence-electron chi connectivity index (χ0n) is 49.3. The van der Waals surface area contributed by atoms with Crippen molar-refractivity contribution >= 4 is 33.7 Å². The second-order valence-electron chi connectivity index (χ2n) is 24.3. The molecule has 0 saturated carbocycles. The molecule has 1 aliphatic rings. The zero-order valence-corrected chi connectivity index (χ0v) is 50.9. The first-order valence-corrected chi connectivity index (χ1v) is 28.8. The van der Waals surface area contributed by atoms with Gasteiger partial charge in [-0.1, -0.05) is 148 Å². The first-order valence-electron chi connectivity index (χ1n) is 27.7. The van der Waals surface area contributed by atoms with E-state index >= 15 is 0 Å². The van der Waals surface area contributed by atoms with Crippen molar-refractivity contribution in [3.05, 3.63) is 115 Å². The quantitative estimate of drug-likeness (QED) is 0.0806. The molecular formula is C64H92BrN3O7. The molecule has 10 nitrogen and oxygen atoms in total. The molecule has 0 radical (unpaired) electrons. The molecule has 4 aromatic carbocycles. The van der Waals surface area contributed by atoms with E-state index in [0.717, 1.165) is 72.5 Å². The number of amides is 3. The van der Waals surface area contributed by atoms with E-state index in [-0.39, 0.29) is 59.2 Å². The Labute approximate surface area is 460 Å². The molecule has 0 aliphatic heterocycles. The molecule has 0 saturated heterocycles. The van der Waals surface area contributed by atoms with Crippen LogP contribution in [-0.2, 0) is 61.7 Å². The van der Waals surface area contributed by atoms with Crippen molar-refractivity contribution in [2.45, 2.75) is 172 Å². The normalized spacial score (nSPS) is 13.0. The number of benzene rings is 4. The maximum atomic E-state index is 14.0. The number of hydrogen-bond donors (Lipinski definition) is 0. The van der Waals surface area contributed by atoms with Crippen molar-refractivity contribution in [3.8, 4) is 23.0 Å². The van der Waals surface area contributed by atoms with E-state index in [1.807, 2.05) is 51.3 Å². The summed E-state index contributed by atoms with van der Waals surface area (Å²) in [6, 6.07) is 18.1. The summed E-state index contributed by atoms with van der Waals surface area (Å²) in [7, 11) is 0. The third-order valence-electron chi connectivity index (χ3n) is 14.7. The highest BCUT2D eigenvalue weighted by Gasteiger charge is 2.31. The van der Waals surface area contributed by atoms with E-state index in [1.54, 1.807) is 4.90 Å². The number of carbonyl (C=O) groups excluding carboxylic acids is 3. The maximum Gasteiger partial charge on any atom is 0.260 e. The topological polar surface area (TPSA) is 97.8 Å². The second kappa shape index (κ2) is 25.4. The average molecular weight is 1100 g/mol. The molecule has 0 unspecified atom stereocenters. The van der Waals surface area contributed by atoms with Gasteiger partial charge in [0.25, 0.3) is 17.7 Å². The predicted octanol–water partition coefficient (Wildman–Crippen LogP) is 13.1. The number of likely N-dealkylation sites (N-methyl/N-ethyl adjacent to an activating group) is 3. The van der Waals surface area contributed by atoms with Crippen LogP contribution in [0, 0.1) is 0 Å². The molecule has 0 atom stereocenters. The summed E-state index contributed by atoms with van der Waals surface area (Å²) < 4.78 is 27.9. The van der Waals surface area contributed by atoms with Crippen molar-refractivity contribution in [2.24, 2.45) is 0 Å². The molecule has 4 aromatic rings. The van der Waals surface area contributed by atoms with Gasteiger partial charge < -0.3 is 33.6 Å². The molecule has 75 heavy (non-hydrogen) atoms. The van der Waals surface area contributed by atoms with Gasteiger partial charge in [-0.3, -0.25) is 14.4 Å². The number of alkyl halides is 1. The number of nitrogens with zero attached hydrogens (tertiary/aromatic N) is 3. The van der Waals surface area contributed by atoms with Crippen LogP contribution in [-0.4, -0.2) is 103 Å². The number of ether oxygens (including phenoxy) is 4. The molecule has 0 fully saturated rings. The Morgan fingerprint density at radius 2 is 0.560 bits per heavy atom. The summed E-state index contributed by atoms with van der Waals surface area (Å²) in [6.07, 6.45) is 1.66. The number of rotatable bonds is 18. The van der Waals surface area contributed by atoms with E-state index in [0.29, 0.717) is 94.1 Å². The van der Waals surface area contributed by atoms with Crippen LogP contribution in [0.15, 0.2) is 48.5 Å². The summed E-state index contributed by atoms with van der Waals surface area (Å²) in [5.74, 6) is 2.48. The van der Waals surface area contributed by atoms with Crippen LogP contribution in [0.25, 0.3) is 0 Å². The molecule has 0 heterocycles. The van der Waals surface area contributed by atoms with Crippen LogP contribution in [0.3, 0.4) is 0 Å². The van der Waals surface area contributed by atoms with E-state index in [1.165, 1.54) is 0 Å². The van der Waals surface area contributed by atoms with Crippen molar-refractivity contribution in [3.63, 3.8) is 0 Å². The SMILES string of the molecule is CCN(CC)C(=O)COc1c2cc(C(C)(C)C)cc1Cc1cc(C(C)(C)C)cc(c1OCC(=O)N(CC)CC)Cc1cc(C(C)(C)C)cc(c1OCC(=O)N(CC)CC)Cc1cc(C(C)(C)C)cc(c1OCCBr)C2. The van der Waals surface area contributed by atoms with Crippen LogP contribution in [0.1, 0.15) is 191 Å². The lowest BCUT2D eigenvalue weighted by molar-refractivity contribution is -0.133. The van der Waals surface area contributed by atoms with Crippen molar-refractivity contribution < 1.29 is 33.3 Å². The summed E-state index contributed by atoms with van der Waals surface area (Å²) >= 11 is 3.68. The first-order chi connectivity index (χ1) is 35.1. The van der Waals surface area contributed by atoms with Gasteiger partial charge in [0.05, 0.1) is 6.61 Å². The molecular weight excluding hydrogens is 1000 g/mol. The molecule has 0 N–H and O–H groups in total. The monoisotopic (exact) mass is 1090 g/mol. The fourth-order valence-electron chi connectivity index (χ4n) is 9.91. The van der Waals surface area contributed by atoms with Gasteiger partial charge in [0.2, 0.25) is 0 Å². The summed E-state index contributed by atoms with van der Waals surface area (Å²) in [4.78, 5) is 47.4. The third kappa shape index (κ3) is 15.3. The molecule has 8 bridgehead atoms. The molecule has 0 spiro atoms. The second-order valence-corrected chi connectivity index (χ2v) is 25.1. The predicted molar refractivity (Wildman–Crippen MR) is 311 cm³/mol. The smallest absolute Gasteiger partial charge is 0.260 e. The molecule has 11 heteroatoms. The Bertz CT molecular complexity index is 2490. The zero-order chi connectivity index (χ0) is 55.8. The molecule has 0 aromatic heterocycles. The van der Waals surface area contributed by atoms with E-state index in [2.05, 4.69) is 148 Å². The van der Waals surface area contributed by atoms with Gasteiger partial charge in [-0.25, -0.2) is 0 Å². The fraction of sp³-hybridized carbons (Fsp3) is 0.578. The van der Waals surface area contributed by atoms with Gasteiger partial charge in [-0.2, -0.15) is 0 Å². The minimum Gasteiger partial charge on any atom is -0.492 e. The maximum absolute atomic E-state index is 14.0. The molecule has 5 rings (SSSR count). The lowest BCUT2D eigenvalue weighted by atomic mass is 9.79. The van der Waals surface area contributed by atoms with Crippen molar-refractivity contribution in [2.75, 3.05) is 71.0 Å². The number of carbonyl (C=O) groups is 3. The average Bonchev–Trinajstić information content (AvgIpc) is 3.32. The van der Waals surface area contributed by atoms with Crippen molar-refractivity contribution in [1.29, 1.82) is 0 Å². The minimum absolute atomic E-state index is 0.0826.